The summed E-state index contributed by atoms with van der Waals surface area (Å²) in [5, 5.41) is 5.77. The minimum absolute atomic E-state index is 0.0961. The Morgan fingerprint density at radius 2 is 1.53 bits per heavy atom. The summed E-state index contributed by atoms with van der Waals surface area (Å²) in [6.45, 7) is 0. The predicted octanol–water partition coefficient (Wildman–Crippen LogP) is 6.08. The van der Waals surface area contributed by atoms with Crippen LogP contribution in [0.1, 0.15) is 28.4 Å². The topological polar surface area (TPSA) is 49.3 Å². The van der Waals surface area contributed by atoms with Crippen LogP contribution in [0.4, 0.5) is 0 Å². The first kappa shape index (κ1) is 20.9. The Morgan fingerprint density at radius 3 is 2.34 bits per heavy atom. The van der Waals surface area contributed by atoms with Crippen molar-refractivity contribution in [3.8, 4) is 0 Å². The van der Waals surface area contributed by atoms with Crippen LogP contribution in [-0.2, 0) is 4.57 Å². The number of hydrogen-bond acceptors (Lipinski definition) is 2. The van der Waals surface area contributed by atoms with Gasteiger partial charge in [-0.05, 0) is 40.6 Å². The summed E-state index contributed by atoms with van der Waals surface area (Å²) in [7, 11) is -1.91. The van der Waals surface area contributed by atoms with Gasteiger partial charge < -0.3 is 10.2 Å². The lowest BCUT2D eigenvalue weighted by Gasteiger charge is -2.38. The van der Waals surface area contributed by atoms with Gasteiger partial charge in [-0.2, -0.15) is 0 Å². The molecular weight excluding hydrogens is 413 g/mol. The summed E-state index contributed by atoms with van der Waals surface area (Å²) in [5.41, 5.74) is 2.47. The largest absolute Gasteiger partial charge is 0.341 e. The Morgan fingerprint density at radius 1 is 0.844 bits per heavy atom. The molecule has 0 saturated carbocycles. The number of benzene rings is 4. The Kier molecular flexibility index (Phi) is 5.57. The highest BCUT2D eigenvalue weighted by atomic mass is 31.2. The van der Waals surface area contributed by atoms with E-state index in [9.17, 15) is 9.46 Å². The molecule has 0 spiro atoms. The molecule has 4 aromatic rings. The Balaban J connectivity index is 1.72. The molecule has 4 heteroatoms. The first-order valence-corrected chi connectivity index (χ1v) is 12.6. The van der Waals surface area contributed by atoms with Gasteiger partial charge in [0.05, 0.1) is 5.66 Å². The fourth-order valence-electron chi connectivity index (χ4n) is 5.05. The first-order valence-electron chi connectivity index (χ1n) is 10.9. The van der Waals surface area contributed by atoms with Crippen molar-refractivity contribution >= 4 is 29.5 Å². The van der Waals surface area contributed by atoms with Crippen molar-refractivity contribution in [1.29, 1.82) is 0 Å². The van der Waals surface area contributed by atoms with E-state index >= 15 is 0 Å². The maximum atomic E-state index is 14.5. The molecule has 0 heterocycles. The van der Waals surface area contributed by atoms with Crippen LogP contribution in [0.25, 0.3) is 16.8 Å². The minimum atomic E-state index is -3.83. The summed E-state index contributed by atoms with van der Waals surface area (Å²) >= 11 is 0. The van der Waals surface area contributed by atoms with Crippen molar-refractivity contribution in [3.63, 3.8) is 0 Å². The van der Waals surface area contributed by atoms with Gasteiger partial charge in [-0.1, -0.05) is 103 Å². The maximum Gasteiger partial charge on any atom is 0.238 e. The van der Waals surface area contributed by atoms with E-state index in [4.69, 9.17) is 0 Å². The van der Waals surface area contributed by atoms with Gasteiger partial charge in [0.15, 0.2) is 0 Å². The van der Waals surface area contributed by atoms with Gasteiger partial charge in [0.1, 0.15) is 0 Å². The second kappa shape index (κ2) is 8.52. The molecule has 0 bridgehead atoms. The molecule has 0 aliphatic heterocycles. The Labute approximate surface area is 188 Å². The van der Waals surface area contributed by atoms with Gasteiger partial charge in [0, 0.05) is 17.3 Å². The molecule has 160 valence electrons. The summed E-state index contributed by atoms with van der Waals surface area (Å²) in [6.07, 6.45) is 4.20. The van der Waals surface area contributed by atoms with Crippen molar-refractivity contribution in [2.24, 2.45) is 5.92 Å². The van der Waals surface area contributed by atoms with E-state index in [0.29, 0.717) is 5.30 Å². The predicted molar refractivity (Wildman–Crippen MR) is 133 cm³/mol. The maximum absolute atomic E-state index is 14.5. The van der Waals surface area contributed by atoms with Crippen LogP contribution in [0, 0.1) is 5.92 Å². The lowest BCUT2D eigenvalue weighted by Crippen LogP contribution is -2.32. The van der Waals surface area contributed by atoms with Crippen LogP contribution in [0.5, 0.6) is 0 Å². The van der Waals surface area contributed by atoms with Crippen molar-refractivity contribution in [1.82, 2.24) is 5.32 Å². The molecule has 5 rings (SSSR count). The van der Waals surface area contributed by atoms with Gasteiger partial charge in [-0.25, -0.2) is 0 Å². The molecule has 4 atom stereocenters. The number of fused-ring (bicyclic) bond motifs is 2. The van der Waals surface area contributed by atoms with E-state index in [2.05, 4.69) is 29.6 Å². The summed E-state index contributed by atoms with van der Waals surface area (Å²) in [5.74, 6) is -0.188. The average Bonchev–Trinajstić information content (AvgIpc) is 2.84. The molecular formula is C28H26NO2P. The molecule has 1 aliphatic rings. The third-order valence-corrected chi connectivity index (χ3v) is 8.98. The Hall–Kier alpha value is -2.97. The lowest BCUT2D eigenvalue weighted by atomic mass is 9.82. The van der Waals surface area contributed by atoms with E-state index < -0.39 is 13.0 Å². The van der Waals surface area contributed by atoms with E-state index in [1.165, 1.54) is 0 Å². The summed E-state index contributed by atoms with van der Waals surface area (Å²) < 4.78 is 14.5. The van der Waals surface area contributed by atoms with Crippen LogP contribution < -0.4 is 10.6 Å². The highest BCUT2D eigenvalue weighted by Crippen LogP contribution is 2.63. The second-order valence-corrected chi connectivity index (χ2v) is 10.6. The highest BCUT2D eigenvalue weighted by molar-refractivity contribution is 7.67. The lowest BCUT2D eigenvalue weighted by molar-refractivity contribution is 0.398. The molecule has 0 aromatic heterocycles. The molecule has 0 saturated heterocycles. The molecule has 0 radical (unpaired) electrons. The molecule has 0 amide bonds. The quantitative estimate of drug-likeness (QED) is 0.371. The first-order chi connectivity index (χ1) is 15.6. The van der Waals surface area contributed by atoms with Crippen molar-refractivity contribution in [2.45, 2.75) is 11.7 Å². The smallest absolute Gasteiger partial charge is 0.238 e. The van der Waals surface area contributed by atoms with Crippen molar-refractivity contribution < 1.29 is 9.46 Å². The average molecular weight is 439 g/mol. The van der Waals surface area contributed by atoms with Crippen LogP contribution >= 0.6 is 7.37 Å². The van der Waals surface area contributed by atoms with E-state index in [1.54, 1.807) is 0 Å². The van der Waals surface area contributed by atoms with Gasteiger partial charge in [0.25, 0.3) is 0 Å². The zero-order valence-corrected chi connectivity index (χ0v) is 18.8. The third kappa shape index (κ3) is 3.53. The zero-order valence-electron chi connectivity index (χ0n) is 17.9. The molecule has 2 N–H and O–H groups in total. The van der Waals surface area contributed by atoms with Crippen LogP contribution in [0.2, 0.25) is 0 Å². The zero-order chi connectivity index (χ0) is 22.1. The fraction of sp³-hybridized carbons (Fsp3) is 0.143. The minimum Gasteiger partial charge on any atom is -0.341 e. The number of hydrogen-bond donors (Lipinski definition) is 2. The molecule has 3 nitrogen and oxygen atoms in total. The van der Waals surface area contributed by atoms with Crippen LogP contribution in [0.3, 0.4) is 0 Å². The molecule has 4 aromatic carbocycles. The monoisotopic (exact) mass is 439 g/mol. The third-order valence-electron chi connectivity index (χ3n) is 6.52. The van der Waals surface area contributed by atoms with Gasteiger partial charge >= 0.3 is 0 Å². The van der Waals surface area contributed by atoms with E-state index in [0.717, 1.165) is 27.5 Å². The van der Waals surface area contributed by atoms with E-state index in [-0.39, 0.29) is 12.0 Å². The van der Waals surface area contributed by atoms with Gasteiger partial charge in [-0.15, -0.1) is 0 Å². The second-order valence-electron chi connectivity index (χ2n) is 8.31. The molecule has 32 heavy (non-hydrogen) atoms. The molecule has 1 unspecified atom stereocenters. The SMILES string of the molecule is CN[C@@H](c1ccccc1)[C@H]1C=Cc2ccccc2[C@@H]1P(=O)(O)c1cccc2ccccc12. The normalized spacial score (nSPS) is 20.4. The molecule has 0 fully saturated rings. The van der Waals surface area contributed by atoms with Crippen molar-refractivity contribution in [3.05, 3.63) is 120 Å². The number of nitrogens with one attached hydrogen (secondary N) is 1. The summed E-state index contributed by atoms with van der Waals surface area (Å²) in [6, 6.07) is 31.6. The Bertz CT molecular complexity index is 1330. The molecule has 1 aliphatic carbocycles. The standard InChI is InChI=1S/C28H26NO2P/c1-29-27(22-12-3-2-4-13-22)25-19-18-21-11-6-8-16-24(21)28(25)32(30,31)26-17-9-14-20-10-5-7-15-23(20)26/h2-19,25,27-29H,1H3,(H,30,31)/t25-,27+,28+/m1/s1. The fourth-order valence-corrected chi connectivity index (χ4v) is 7.55. The van der Waals surface area contributed by atoms with Gasteiger partial charge in [0.2, 0.25) is 7.37 Å². The number of rotatable bonds is 5. The van der Waals surface area contributed by atoms with Crippen LogP contribution in [0.15, 0.2) is 103 Å². The van der Waals surface area contributed by atoms with Crippen molar-refractivity contribution in [2.75, 3.05) is 7.05 Å². The van der Waals surface area contributed by atoms with E-state index in [1.807, 2.05) is 92.0 Å². The highest BCUT2D eigenvalue weighted by Gasteiger charge is 2.45. The van der Waals surface area contributed by atoms with Crippen LogP contribution in [-0.4, -0.2) is 11.9 Å². The summed E-state index contributed by atoms with van der Waals surface area (Å²) in [4.78, 5) is 11.9. The van der Waals surface area contributed by atoms with Gasteiger partial charge in [-0.3, -0.25) is 4.57 Å².